The second-order valence-corrected chi connectivity index (χ2v) is 9.44. The first-order valence-corrected chi connectivity index (χ1v) is 15.5. The third-order valence-corrected chi connectivity index (χ3v) is 6.03. The van der Waals surface area contributed by atoms with Gasteiger partial charge in [-0.25, -0.2) is 0 Å². The number of carbonyl (C=O) groups excluding carboxylic acids is 1. The molecule has 10 heteroatoms. The van der Waals surface area contributed by atoms with Crippen LogP contribution in [0.15, 0.2) is 113 Å². The lowest BCUT2D eigenvalue weighted by Crippen LogP contribution is -2.30. The average molecular weight is 614 g/mol. The lowest BCUT2D eigenvalue weighted by molar-refractivity contribution is -0.111. The SMILES string of the molecule is CC.CC.CCN=C(Nc1cccc(NC(=O)/C=C/CNC2CC2)c1)/C(=C(\C)N)N(N=O)c1ccc(Oc2ccccc2)cc1. The highest BCUT2D eigenvalue weighted by atomic mass is 16.5. The molecule has 3 aromatic carbocycles. The van der Waals surface area contributed by atoms with Gasteiger partial charge in [-0.3, -0.25) is 9.79 Å². The van der Waals surface area contributed by atoms with Crippen LogP contribution >= 0.6 is 0 Å². The van der Waals surface area contributed by atoms with Gasteiger partial charge in [0, 0.05) is 42.3 Å². The predicted molar refractivity (Wildman–Crippen MR) is 188 cm³/mol. The summed E-state index contributed by atoms with van der Waals surface area (Å²) >= 11 is 0. The molecule has 0 radical (unpaired) electrons. The van der Waals surface area contributed by atoms with Gasteiger partial charge in [0.2, 0.25) is 5.91 Å². The van der Waals surface area contributed by atoms with Gasteiger partial charge in [0.05, 0.1) is 11.0 Å². The van der Waals surface area contributed by atoms with Gasteiger partial charge in [-0.05, 0) is 81.3 Å². The van der Waals surface area contributed by atoms with E-state index in [1.165, 1.54) is 23.9 Å². The summed E-state index contributed by atoms with van der Waals surface area (Å²) in [6.07, 6.45) is 5.72. The fraction of sp³-hybridized carbons (Fsp3) is 0.314. The summed E-state index contributed by atoms with van der Waals surface area (Å²) in [5, 5.41) is 13.9. The van der Waals surface area contributed by atoms with Gasteiger partial charge in [-0.2, -0.15) is 5.01 Å². The topological polar surface area (TPSA) is 133 Å². The van der Waals surface area contributed by atoms with E-state index in [-0.39, 0.29) is 5.91 Å². The number of hydrogen-bond donors (Lipinski definition) is 4. The predicted octanol–water partition coefficient (Wildman–Crippen LogP) is 7.99. The Labute approximate surface area is 267 Å². The van der Waals surface area contributed by atoms with Gasteiger partial charge < -0.3 is 26.4 Å². The number of carbonyl (C=O) groups is 1. The molecule has 3 aromatic rings. The number of para-hydroxylation sites is 1. The molecule has 0 unspecified atom stereocenters. The van der Waals surface area contributed by atoms with Gasteiger partial charge >= 0.3 is 0 Å². The summed E-state index contributed by atoms with van der Waals surface area (Å²) in [5.74, 6) is 1.43. The Balaban J connectivity index is 0.00000169. The van der Waals surface area contributed by atoms with E-state index < -0.39 is 0 Å². The molecule has 45 heavy (non-hydrogen) atoms. The molecular weight excluding hydrogens is 566 g/mol. The normalized spacial score (nSPS) is 12.9. The van der Waals surface area contributed by atoms with E-state index in [1.54, 1.807) is 49.4 Å². The van der Waals surface area contributed by atoms with E-state index in [4.69, 9.17) is 10.5 Å². The monoisotopic (exact) mass is 613 g/mol. The second kappa shape index (κ2) is 20.1. The third-order valence-electron chi connectivity index (χ3n) is 6.03. The number of nitrogens with one attached hydrogen (secondary N) is 3. The fourth-order valence-corrected chi connectivity index (χ4v) is 3.97. The minimum Gasteiger partial charge on any atom is -0.457 e. The molecule has 0 heterocycles. The maximum Gasteiger partial charge on any atom is 0.248 e. The Morgan fingerprint density at radius 1 is 0.933 bits per heavy atom. The number of nitroso groups, excluding NO2 is 1. The summed E-state index contributed by atoms with van der Waals surface area (Å²) < 4.78 is 5.86. The van der Waals surface area contributed by atoms with Crippen LogP contribution in [0, 0.1) is 4.91 Å². The van der Waals surface area contributed by atoms with E-state index in [0.717, 1.165) is 0 Å². The highest BCUT2D eigenvalue weighted by Gasteiger charge is 2.22. The Morgan fingerprint density at radius 3 is 2.13 bits per heavy atom. The van der Waals surface area contributed by atoms with Crippen molar-refractivity contribution in [1.29, 1.82) is 0 Å². The number of nitrogens with two attached hydrogens (primary N) is 1. The van der Waals surface area contributed by atoms with Crippen LogP contribution < -0.4 is 31.4 Å². The molecule has 0 atom stereocenters. The molecule has 10 nitrogen and oxygen atoms in total. The van der Waals surface area contributed by atoms with Crippen LogP contribution in [0.1, 0.15) is 54.4 Å². The van der Waals surface area contributed by atoms with Crippen LogP contribution in [0.2, 0.25) is 0 Å². The van der Waals surface area contributed by atoms with Gasteiger partial charge in [-0.15, -0.1) is 4.91 Å². The lowest BCUT2D eigenvalue weighted by Gasteiger charge is -2.23. The molecule has 1 amide bonds. The number of amidine groups is 1. The molecule has 0 aliphatic heterocycles. The van der Waals surface area contributed by atoms with Gasteiger partial charge in [0.1, 0.15) is 17.2 Å². The number of ether oxygens (including phenoxy) is 1. The Morgan fingerprint density at radius 2 is 1.56 bits per heavy atom. The third kappa shape index (κ3) is 12.3. The molecule has 4 rings (SSSR count). The van der Waals surface area contributed by atoms with E-state index in [2.05, 4.69) is 26.2 Å². The lowest BCUT2D eigenvalue weighted by atomic mass is 10.2. The molecule has 1 aliphatic rings. The zero-order chi connectivity index (χ0) is 33.0. The molecule has 240 valence electrons. The van der Waals surface area contributed by atoms with Crippen molar-refractivity contribution in [2.24, 2.45) is 16.0 Å². The Kier molecular flexibility index (Phi) is 16.2. The number of nitrogens with zero attached hydrogens (tertiary/aromatic N) is 3. The highest BCUT2D eigenvalue weighted by Crippen LogP contribution is 2.28. The van der Waals surface area contributed by atoms with Gasteiger partial charge in [-0.1, -0.05) is 58.0 Å². The minimum absolute atomic E-state index is 0.225. The Bertz CT molecular complexity index is 1410. The van der Waals surface area contributed by atoms with E-state index in [1.807, 2.05) is 77.1 Å². The van der Waals surface area contributed by atoms with Crippen molar-refractivity contribution >= 4 is 28.8 Å². The summed E-state index contributed by atoms with van der Waals surface area (Å²) in [4.78, 5) is 29.1. The number of rotatable bonds is 13. The van der Waals surface area contributed by atoms with Crippen LogP contribution in [0.25, 0.3) is 0 Å². The molecule has 0 saturated heterocycles. The summed E-state index contributed by atoms with van der Waals surface area (Å²) in [7, 11) is 0. The zero-order valence-electron chi connectivity index (χ0n) is 27.2. The van der Waals surface area contributed by atoms with Crippen molar-refractivity contribution in [2.75, 3.05) is 28.7 Å². The van der Waals surface area contributed by atoms with Crippen molar-refractivity contribution in [2.45, 2.75) is 60.4 Å². The quantitative estimate of drug-likeness (QED) is 0.0505. The van der Waals surface area contributed by atoms with Gasteiger partial charge in [0.25, 0.3) is 0 Å². The smallest absolute Gasteiger partial charge is 0.248 e. The number of anilines is 3. The first-order chi connectivity index (χ1) is 22.0. The summed E-state index contributed by atoms with van der Waals surface area (Å²) in [6.45, 7) is 12.6. The van der Waals surface area contributed by atoms with Crippen LogP contribution in [0.4, 0.5) is 17.1 Å². The van der Waals surface area contributed by atoms with Gasteiger partial charge in [0.15, 0.2) is 5.84 Å². The maximum absolute atomic E-state index is 12.4. The molecule has 0 aromatic heterocycles. The number of aliphatic imine (C=N–C) groups is 1. The van der Waals surface area contributed by atoms with Crippen molar-refractivity contribution in [3.8, 4) is 11.5 Å². The van der Waals surface area contributed by atoms with E-state index in [0.29, 0.717) is 64.9 Å². The van der Waals surface area contributed by atoms with Crippen LogP contribution in [-0.2, 0) is 4.79 Å². The number of hydrogen-bond acceptors (Lipinski definition) is 7. The fourth-order valence-electron chi connectivity index (χ4n) is 3.97. The summed E-state index contributed by atoms with van der Waals surface area (Å²) in [6, 6.07) is 24.1. The molecule has 0 bridgehead atoms. The van der Waals surface area contributed by atoms with E-state index in [9.17, 15) is 9.70 Å². The molecule has 5 N–H and O–H groups in total. The van der Waals surface area contributed by atoms with Crippen molar-refractivity contribution in [1.82, 2.24) is 5.32 Å². The molecular formula is C35H47N7O3. The molecule has 1 fully saturated rings. The van der Waals surface area contributed by atoms with Crippen LogP contribution in [-0.4, -0.2) is 30.9 Å². The average Bonchev–Trinajstić information content (AvgIpc) is 3.89. The molecule has 1 aliphatic carbocycles. The largest absolute Gasteiger partial charge is 0.457 e. The zero-order valence-corrected chi connectivity index (χ0v) is 27.2. The maximum atomic E-state index is 12.4. The minimum atomic E-state index is -0.225. The highest BCUT2D eigenvalue weighted by molar-refractivity contribution is 6.10. The van der Waals surface area contributed by atoms with Crippen molar-refractivity contribution in [3.05, 3.63) is 107 Å². The molecule has 0 spiro atoms. The van der Waals surface area contributed by atoms with Crippen LogP contribution in [0.5, 0.6) is 11.5 Å². The van der Waals surface area contributed by atoms with Crippen LogP contribution in [0.3, 0.4) is 0 Å². The number of allylic oxidation sites excluding steroid dienone is 1. The standard InChI is InChI=1S/C31H35N7O3.2C2H6/c1-3-33-31(36-25-10-7-9-24(21-25)35-29(39)13-8-20-34-23-14-15-23)30(22(2)32)38(37-40)26-16-18-28(19-17-26)41-27-11-5-4-6-12-27;2*1-2/h4-13,16-19,21,23,34H,3,14-15,20,32H2,1-2H3,(H,33,36)(H,35,39);2*1-2H3/b13-8+,30-22-;;. The first-order valence-electron chi connectivity index (χ1n) is 15.5. The first kappa shape index (κ1) is 36.2. The number of benzene rings is 3. The molecule has 1 saturated carbocycles. The summed E-state index contributed by atoms with van der Waals surface area (Å²) in [5.41, 5.74) is 8.64. The number of amides is 1. The van der Waals surface area contributed by atoms with Crippen molar-refractivity contribution < 1.29 is 9.53 Å². The van der Waals surface area contributed by atoms with Crippen molar-refractivity contribution in [3.63, 3.8) is 0 Å². The van der Waals surface area contributed by atoms with E-state index >= 15 is 0 Å². The second-order valence-electron chi connectivity index (χ2n) is 9.44. The Hall–Kier alpha value is -4.96.